The molecule has 1 aliphatic carbocycles. The number of benzene rings is 1. The Morgan fingerprint density at radius 1 is 0.909 bits per heavy atom. The quantitative estimate of drug-likeness (QED) is 0.586. The van der Waals surface area contributed by atoms with Gasteiger partial charge in [0.15, 0.2) is 11.5 Å². The predicted molar refractivity (Wildman–Crippen MR) is 130 cm³/mol. The summed E-state index contributed by atoms with van der Waals surface area (Å²) in [6.07, 6.45) is 6.41. The minimum absolute atomic E-state index is 0. The van der Waals surface area contributed by atoms with Crippen LogP contribution < -0.4 is 19.8 Å². The molecule has 1 aromatic carbocycles. The summed E-state index contributed by atoms with van der Waals surface area (Å²) in [5, 5.41) is 0.823. The number of methoxy groups -OCH3 is 3. The number of rotatable bonds is 6. The van der Waals surface area contributed by atoms with Crippen molar-refractivity contribution in [3.63, 3.8) is 0 Å². The first-order chi connectivity index (χ1) is 15.6. The first-order valence-electron chi connectivity index (χ1n) is 11.8. The van der Waals surface area contributed by atoms with Crippen LogP contribution in [0, 0.1) is 11.8 Å². The SMILES string of the molecule is COc1cc2oc(=O)c3c(c2c(OC)c1OC)CCN(CCN1CC2CCC(CC2)C1)C3.Cl. The van der Waals surface area contributed by atoms with Crippen molar-refractivity contribution in [3.05, 3.63) is 27.6 Å². The van der Waals surface area contributed by atoms with E-state index in [9.17, 15) is 4.79 Å². The van der Waals surface area contributed by atoms with E-state index in [1.165, 1.54) is 38.8 Å². The molecule has 1 saturated carbocycles. The Balaban J connectivity index is 0.00000259. The van der Waals surface area contributed by atoms with Gasteiger partial charge in [-0.05, 0) is 49.5 Å². The second-order valence-corrected chi connectivity index (χ2v) is 9.54. The molecule has 33 heavy (non-hydrogen) atoms. The lowest BCUT2D eigenvalue weighted by atomic mass is 9.84. The molecule has 0 radical (unpaired) electrons. The van der Waals surface area contributed by atoms with E-state index in [4.69, 9.17) is 18.6 Å². The monoisotopic (exact) mass is 478 g/mol. The van der Waals surface area contributed by atoms with Crippen LogP contribution in [0.15, 0.2) is 15.3 Å². The van der Waals surface area contributed by atoms with Crippen molar-refractivity contribution < 1.29 is 18.6 Å². The zero-order valence-corrected chi connectivity index (χ0v) is 20.7. The molecule has 4 aliphatic rings. The van der Waals surface area contributed by atoms with Gasteiger partial charge in [-0.1, -0.05) is 0 Å². The number of halogens is 1. The lowest BCUT2D eigenvalue weighted by Gasteiger charge is -2.31. The summed E-state index contributed by atoms with van der Waals surface area (Å²) in [5.74, 6) is 3.35. The summed E-state index contributed by atoms with van der Waals surface area (Å²) < 4.78 is 22.4. The molecule has 2 bridgehead atoms. The summed E-state index contributed by atoms with van der Waals surface area (Å²) in [6, 6.07) is 1.72. The second-order valence-electron chi connectivity index (χ2n) is 9.54. The topological polar surface area (TPSA) is 64.4 Å². The fourth-order valence-electron chi connectivity index (χ4n) is 6.00. The van der Waals surface area contributed by atoms with Crippen LogP contribution in [0.2, 0.25) is 0 Å². The van der Waals surface area contributed by atoms with Crippen LogP contribution in [0.3, 0.4) is 0 Å². The van der Waals surface area contributed by atoms with E-state index >= 15 is 0 Å². The van der Waals surface area contributed by atoms with E-state index in [-0.39, 0.29) is 18.0 Å². The van der Waals surface area contributed by atoms with Crippen molar-refractivity contribution in [2.75, 3.05) is 54.1 Å². The highest BCUT2D eigenvalue weighted by Gasteiger charge is 2.31. The van der Waals surface area contributed by atoms with Crippen LogP contribution in [0.5, 0.6) is 17.2 Å². The van der Waals surface area contributed by atoms with E-state index in [0.717, 1.165) is 54.4 Å². The van der Waals surface area contributed by atoms with Crippen molar-refractivity contribution in [2.45, 2.75) is 38.6 Å². The maximum absolute atomic E-state index is 12.9. The van der Waals surface area contributed by atoms with Crippen LogP contribution in [-0.4, -0.2) is 63.9 Å². The number of hydrogen-bond acceptors (Lipinski definition) is 7. The zero-order chi connectivity index (χ0) is 22.2. The minimum atomic E-state index is -0.265. The number of ether oxygens (including phenoxy) is 3. The highest BCUT2D eigenvalue weighted by atomic mass is 35.5. The Morgan fingerprint density at radius 3 is 2.15 bits per heavy atom. The smallest absolute Gasteiger partial charge is 0.341 e. The fraction of sp³-hybridized carbons (Fsp3) is 0.640. The first-order valence-corrected chi connectivity index (χ1v) is 11.8. The molecule has 182 valence electrons. The van der Waals surface area contributed by atoms with Crippen molar-refractivity contribution in [1.29, 1.82) is 0 Å². The molecule has 2 aromatic rings. The Hall–Kier alpha value is -1.96. The number of nitrogens with zero attached hydrogens (tertiary/aromatic N) is 2. The predicted octanol–water partition coefficient (Wildman–Crippen LogP) is 3.72. The van der Waals surface area contributed by atoms with Gasteiger partial charge in [-0.25, -0.2) is 4.79 Å². The molecule has 0 atom stereocenters. The van der Waals surface area contributed by atoms with Crippen LogP contribution in [-0.2, 0) is 13.0 Å². The summed E-state index contributed by atoms with van der Waals surface area (Å²) in [5.41, 5.74) is 1.97. The van der Waals surface area contributed by atoms with Crippen molar-refractivity contribution in [2.24, 2.45) is 11.8 Å². The Labute approximate surface area is 201 Å². The molecule has 1 aromatic heterocycles. The van der Waals surface area contributed by atoms with Crippen LogP contribution >= 0.6 is 12.4 Å². The Morgan fingerprint density at radius 2 is 1.55 bits per heavy atom. The maximum atomic E-state index is 12.9. The van der Waals surface area contributed by atoms with Crippen molar-refractivity contribution in [1.82, 2.24) is 9.80 Å². The number of hydrogen-bond donors (Lipinski definition) is 0. The molecule has 7 nitrogen and oxygen atoms in total. The van der Waals surface area contributed by atoms with Crippen LogP contribution in [0.4, 0.5) is 0 Å². The first kappa shape index (κ1) is 24.2. The van der Waals surface area contributed by atoms with E-state index in [1.807, 2.05) is 0 Å². The Kier molecular flexibility index (Phi) is 7.41. The fourth-order valence-corrected chi connectivity index (χ4v) is 6.00. The molecule has 0 spiro atoms. The van der Waals surface area contributed by atoms with Gasteiger partial charge >= 0.3 is 5.63 Å². The average molecular weight is 479 g/mol. The van der Waals surface area contributed by atoms with Gasteiger partial charge in [-0.15, -0.1) is 12.4 Å². The molecule has 3 aliphatic heterocycles. The molecule has 6 rings (SSSR count). The van der Waals surface area contributed by atoms with Crippen LogP contribution in [0.1, 0.15) is 36.8 Å². The highest BCUT2D eigenvalue weighted by molar-refractivity contribution is 5.92. The molecule has 4 heterocycles. The third kappa shape index (κ3) is 4.55. The van der Waals surface area contributed by atoms with Gasteiger partial charge in [-0.3, -0.25) is 4.90 Å². The highest BCUT2D eigenvalue weighted by Crippen LogP contribution is 2.45. The van der Waals surface area contributed by atoms with Gasteiger partial charge in [0.2, 0.25) is 5.75 Å². The van der Waals surface area contributed by atoms with Crippen molar-refractivity contribution in [3.8, 4) is 17.2 Å². The molecule has 2 saturated heterocycles. The van der Waals surface area contributed by atoms with Gasteiger partial charge in [-0.2, -0.15) is 0 Å². The number of fused-ring (bicyclic) bond motifs is 7. The Bertz CT molecular complexity index is 1030. The molecular formula is C25H35ClN2O5. The summed E-state index contributed by atoms with van der Waals surface area (Å²) in [4.78, 5) is 18.0. The van der Waals surface area contributed by atoms with Gasteiger partial charge in [0.25, 0.3) is 0 Å². The normalized spacial score (nSPS) is 23.0. The zero-order valence-electron chi connectivity index (χ0n) is 19.9. The standard InChI is InChI=1S/C25H34N2O5.ClH/c1-29-21-12-20-22(24(31-3)23(21)30-2)18-8-9-26(15-19(18)25(28)32-20)10-11-27-13-16-4-5-17(14-27)7-6-16;/h12,16-17H,4-11,13-15H2,1-3H3;1H. The van der Waals surface area contributed by atoms with Crippen LogP contribution in [0.25, 0.3) is 11.0 Å². The molecule has 0 amide bonds. The van der Waals surface area contributed by atoms with E-state index in [1.54, 1.807) is 27.4 Å². The maximum Gasteiger partial charge on any atom is 0.341 e. The van der Waals surface area contributed by atoms with Gasteiger partial charge in [0.1, 0.15) is 5.58 Å². The largest absolute Gasteiger partial charge is 0.493 e. The summed E-state index contributed by atoms with van der Waals surface area (Å²) >= 11 is 0. The summed E-state index contributed by atoms with van der Waals surface area (Å²) in [6.45, 7) is 6.09. The average Bonchev–Trinajstić information content (AvgIpc) is 3.14. The van der Waals surface area contributed by atoms with Gasteiger partial charge in [0, 0.05) is 45.3 Å². The molecular weight excluding hydrogens is 444 g/mol. The molecule has 3 fully saturated rings. The van der Waals surface area contributed by atoms with Gasteiger partial charge in [0.05, 0.1) is 32.3 Å². The summed E-state index contributed by atoms with van der Waals surface area (Å²) in [7, 11) is 4.76. The third-order valence-electron chi connectivity index (χ3n) is 7.70. The van der Waals surface area contributed by atoms with Gasteiger partial charge < -0.3 is 23.5 Å². The minimum Gasteiger partial charge on any atom is -0.493 e. The van der Waals surface area contributed by atoms with Crippen molar-refractivity contribution >= 4 is 23.4 Å². The lowest BCUT2D eigenvalue weighted by Crippen LogP contribution is -2.40. The van der Waals surface area contributed by atoms with E-state index in [0.29, 0.717) is 29.4 Å². The molecule has 0 N–H and O–H groups in total. The molecule has 0 unspecified atom stereocenters. The second kappa shape index (κ2) is 10.1. The lowest BCUT2D eigenvalue weighted by molar-refractivity contribution is 0.182. The van der Waals surface area contributed by atoms with E-state index < -0.39 is 0 Å². The van der Waals surface area contributed by atoms with E-state index in [2.05, 4.69) is 9.80 Å². The third-order valence-corrected chi connectivity index (χ3v) is 7.70. The molecule has 8 heteroatoms.